The average molecular weight is 260 g/mol. The van der Waals surface area contributed by atoms with Crippen molar-refractivity contribution in [2.75, 3.05) is 30.8 Å². The van der Waals surface area contributed by atoms with E-state index in [2.05, 4.69) is 29.1 Å². The Labute approximate surface area is 113 Å². The Morgan fingerprint density at radius 1 is 1.32 bits per heavy atom. The third-order valence-corrected chi connectivity index (χ3v) is 2.65. The monoisotopic (exact) mass is 260 g/mol. The van der Waals surface area contributed by atoms with E-state index >= 15 is 0 Å². The number of nitrogens with zero attached hydrogens (tertiary/aromatic N) is 2. The summed E-state index contributed by atoms with van der Waals surface area (Å²) in [7, 11) is 0. The molecular formula is C14H20N4O. The number of nitrogens with two attached hydrogens (primary N) is 1. The van der Waals surface area contributed by atoms with Gasteiger partial charge < -0.3 is 15.8 Å². The molecule has 0 aliphatic heterocycles. The highest BCUT2D eigenvalue weighted by Gasteiger charge is 2.03. The molecule has 0 bridgehead atoms. The Morgan fingerprint density at radius 2 is 2.16 bits per heavy atom. The Balaban J connectivity index is 1.98. The van der Waals surface area contributed by atoms with E-state index in [1.165, 1.54) is 0 Å². The maximum Gasteiger partial charge on any atom is 0.137 e. The second-order valence-corrected chi connectivity index (χ2v) is 4.89. The zero-order chi connectivity index (χ0) is 13.7. The van der Waals surface area contributed by atoms with Gasteiger partial charge in [0.05, 0.1) is 12.1 Å². The minimum atomic E-state index is 0.555. The lowest BCUT2D eigenvalue weighted by atomic mass is 10.2. The summed E-state index contributed by atoms with van der Waals surface area (Å²) in [6.45, 7) is 6.42. The van der Waals surface area contributed by atoms with Crippen molar-refractivity contribution < 1.29 is 4.74 Å². The van der Waals surface area contributed by atoms with E-state index in [0.717, 1.165) is 23.3 Å². The molecule has 0 aliphatic carbocycles. The van der Waals surface area contributed by atoms with Crippen molar-refractivity contribution >= 4 is 22.4 Å². The quantitative estimate of drug-likeness (QED) is 0.616. The first-order chi connectivity index (χ1) is 9.16. The molecule has 102 valence electrons. The zero-order valence-electron chi connectivity index (χ0n) is 11.4. The van der Waals surface area contributed by atoms with Gasteiger partial charge in [0.25, 0.3) is 0 Å². The van der Waals surface area contributed by atoms with Gasteiger partial charge >= 0.3 is 0 Å². The van der Waals surface area contributed by atoms with Gasteiger partial charge in [-0.15, -0.1) is 0 Å². The molecule has 5 nitrogen and oxygen atoms in total. The largest absolute Gasteiger partial charge is 0.399 e. The highest BCUT2D eigenvalue weighted by molar-refractivity contribution is 5.91. The van der Waals surface area contributed by atoms with E-state index in [1.54, 1.807) is 6.33 Å². The number of ether oxygens (including phenoxy) is 1. The molecular weight excluding hydrogens is 240 g/mol. The van der Waals surface area contributed by atoms with Gasteiger partial charge in [-0.3, -0.25) is 0 Å². The third-order valence-electron chi connectivity index (χ3n) is 2.65. The molecule has 0 radical (unpaired) electrons. The van der Waals surface area contributed by atoms with Gasteiger partial charge in [0.2, 0.25) is 0 Å². The molecule has 3 N–H and O–H groups in total. The lowest BCUT2D eigenvalue weighted by Gasteiger charge is -2.10. The van der Waals surface area contributed by atoms with Crippen molar-refractivity contribution in [2.45, 2.75) is 13.8 Å². The summed E-state index contributed by atoms with van der Waals surface area (Å²) in [6.07, 6.45) is 1.55. The predicted molar refractivity (Wildman–Crippen MR) is 78.1 cm³/mol. The van der Waals surface area contributed by atoms with Crippen LogP contribution in [0.15, 0.2) is 24.5 Å². The highest BCUT2D eigenvalue weighted by atomic mass is 16.5. The lowest BCUT2D eigenvalue weighted by Crippen LogP contribution is -2.13. The van der Waals surface area contributed by atoms with E-state index in [-0.39, 0.29) is 0 Å². The maximum absolute atomic E-state index is 5.79. The standard InChI is InChI=1S/C14H20N4O/c1-10(2)8-19-6-5-16-14-12-7-11(15)3-4-13(12)17-9-18-14/h3-4,7,9-10H,5-6,8,15H2,1-2H3,(H,16,17,18). The van der Waals surface area contributed by atoms with Crippen molar-refractivity contribution in [1.29, 1.82) is 0 Å². The maximum atomic E-state index is 5.79. The van der Waals surface area contributed by atoms with Crippen molar-refractivity contribution in [3.8, 4) is 0 Å². The van der Waals surface area contributed by atoms with Gasteiger partial charge in [-0.05, 0) is 24.1 Å². The fourth-order valence-electron chi connectivity index (χ4n) is 1.78. The van der Waals surface area contributed by atoms with Crippen LogP contribution in [0.1, 0.15) is 13.8 Å². The molecule has 0 atom stereocenters. The number of rotatable bonds is 6. The Kier molecular flexibility index (Phi) is 4.52. The molecule has 0 spiro atoms. The van der Waals surface area contributed by atoms with Crippen LogP contribution in [-0.2, 0) is 4.74 Å². The first kappa shape index (κ1) is 13.5. The van der Waals surface area contributed by atoms with E-state index in [4.69, 9.17) is 10.5 Å². The van der Waals surface area contributed by atoms with Crippen LogP contribution in [0.2, 0.25) is 0 Å². The van der Waals surface area contributed by atoms with E-state index < -0.39 is 0 Å². The Hall–Kier alpha value is -1.88. The predicted octanol–water partition coefficient (Wildman–Crippen LogP) is 2.30. The summed E-state index contributed by atoms with van der Waals surface area (Å²) in [5, 5.41) is 4.19. The van der Waals surface area contributed by atoms with Crippen molar-refractivity contribution in [3.63, 3.8) is 0 Å². The molecule has 5 heteroatoms. The van der Waals surface area contributed by atoms with Crippen LogP contribution in [0, 0.1) is 5.92 Å². The number of nitrogen functional groups attached to an aromatic ring is 1. The van der Waals surface area contributed by atoms with Gasteiger partial charge in [-0.25, -0.2) is 9.97 Å². The molecule has 19 heavy (non-hydrogen) atoms. The van der Waals surface area contributed by atoms with Gasteiger partial charge in [0, 0.05) is 24.2 Å². The molecule has 0 saturated carbocycles. The topological polar surface area (TPSA) is 73.1 Å². The summed E-state index contributed by atoms with van der Waals surface area (Å²) in [5.74, 6) is 1.35. The molecule has 0 amide bonds. The first-order valence-corrected chi connectivity index (χ1v) is 6.48. The number of aromatic nitrogens is 2. The molecule has 0 saturated heterocycles. The van der Waals surface area contributed by atoms with Gasteiger partial charge in [-0.2, -0.15) is 0 Å². The van der Waals surface area contributed by atoms with Crippen LogP contribution >= 0.6 is 0 Å². The molecule has 0 aliphatic rings. The second-order valence-electron chi connectivity index (χ2n) is 4.89. The second kappa shape index (κ2) is 6.33. The summed E-state index contributed by atoms with van der Waals surface area (Å²) >= 11 is 0. The summed E-state index contributed by atoms with van der Waals surface area (Å²) in [6, 6.07) is 5.62. The van der Waals surface area contributed by atoms with Crippen LogP contribution in [0.4, 0.5) is 11.5 Å². The van der Waals surface area contributed by atoms with Gasteiger partial charge in [-0.1, -0.05) is 13.8 Å². The molecule has 2 rings (SSSR count). The van der Waals surface area contributed by atoms with Crippen molar-refractivity contribution in [2.24, 2.45) is 5.92 Å². The molecule has 1 aromatic carbocycles. The smallest absolute Gasteiger partial charge is 0.137 e. The number of nitrogens with one attached hydrogen (secondary N) is 1. The molecule has 0 fully saturated rings. The molecule has 1 aromatic heterocycles. The zero-order valence-corrected chi connectivity index (χ0v) is 11.4. The minimum absolute atomic E-state index is 0.555. The van der Waals surface area contributed by atoms with Crippen LogP contribution in [-0.4, -0.2) is 29.7 Å². The van der Waals surface area contributed by atoms with Crippen LogP contribution in [0.5, 0.6) is 0 Å². The minimum Gasteiger partial charge on any atom is -0.399 e. The van der Waals surface area contributed by atoms with Crippen LogP contribution < -0.4 is 11.1 Å². The van der Waals surface area contributed by atoms with E-state index in [1.807, 2.05) is 18.2 Å². The Morgan fingerprint density at radius 3 is 2.95 bits per heavy atom. The highest BCUT2D eigenvalue weighted by Crippen LogP contribution is 2.21. The van der Waals surface area contributed by atoms with Gasteiger partial charge in [0.15, 0.2) is 0 Å². The fraction of sp³-hybridized carbons (Fsp3) is 0.429. The van der Waals surface area contributed by atoms with Crippen LogP contribution in [0.3, 0.4) is 0 Å². The normalized spacial score (nSPS) is 11.1. The number of benzene rings is 1. The Bertz CT molecular complexity index is 542. The summed E-state index contributed by atoms with van der Waals surface area (Å²) < 4.78 is 5.52. The first-order valence-electron chi connectivity index (χ1n) is 6.48. The van der Waals surface area contributed by atoms with E-state index in [9.17, 15) is 0 Å². The average Bonchev–Trinajstić information content (AvgIpc) is 2.38. The van der Waals surface area contributed by atoms with Gasteiger partial charge in [0.1, 0.15) is 12.1 Å². The van der Waals surface area contributed by atoms with Crippen LogP contribution in [0.25, 0.3) is 10.9 Å². The summed E-state index contributed by atoms with van der Waals surface area (Å²) in [4.78, 5) is 8.46. The van der Waals surface area contributed by atoms with Crippen molar-refractivity contribution in [3.05, 3.63) is 24.5 Å². The van der Waals surface area contributed by atoms with Crippen molar-refractivity contribution in [1.82, 2.24) is 9.97 Å². The number of hydrogen-bond donors (Lipinski definition) is 2. The number of fused-ring (bicyclic) bond motifs is 1. The fourth-order valence-corrected chi connectivity index (χ4v) is 1.78. The molecule has 1 heterocycles. The number of hydrogen-bond acceptors (Lipinski definition) is 5. The molecule has 0 unspecified atom stereocenters. The van der Waals surface area contributed by atoms with E-state index in [0.29, 0.717) is 24.8 Å². The molecule has 2 aromatic rings. The summed E-state index contributed by atoms with van der Waals surface area (Å²) in [5.41, 5.74) is 7.39. The number of anilines is 2. The SMILES string of the molecule is CC(C)COCCNc1ncnc2ccc(N)cc12. The lowest BCUT2D eigenvalue weighted by molar-refractivity contribution is 0.118. The third kappa shape index (κ3) is 3.79.